The van der Waals surface area contributed by atoms with E-state index in [1.54, 1.807) is 66.0 Å². The van der Waals surface area contributed by atoms with E-state index >= 15 is 0 Å². The molecule has 0 spiro atoms. The lowest BCUT2D eigenvalue weighted by molar-refractivity contribution is -0.219. The highest BCUT2D eigenvalue weighted by Gasteiger charge is 2.63. The second-order valence-electron chi connectivity index (χ2n) is 5.99. The highest BCUT2D eigenvalue weighted by atomic mass is 19.4. The summed E-state index contributed by atoms with van der Waals surface area (Å²) in [6.45, 7) is 0.453. The summed E-state index contributed by atoms with van der Waals surface area (Å²) in [6.07, 6.45) is -6.61. The molecule has 6 nitrogen and oxygen atoms in total. The Bertz CT molecular complexity index is 800. The van der Waals surface area contributed by atoms with E-state index in [2.05, 4.69) is 10.1 Å². The third-order valence-electron chi connectivity index (χ3n) is 3.91. The van der Waals surface area contributed by atoms with Crippen LogP contribution in [0.15, 0.2) is 60.7 Å². The van der Waals surface area contributed by atoms with Gasteiger partial charge in [0.2, 0.25) is 0 Å². The number of hydrogen-bond donors (Lipinski definition) is 2. The zero-order valence-corrected chi connectivity index (χ0v) is 15.7. The second kappa shape index (κ2) is 9.92. The summed E-state index contributed by atoms with van der Waals surface area (Å²) >= 11 is 0. The smallest absolute Gasteiger partial charge is 0.436 e. The van der Waals surface area contributed by atoms with E-state index in [0.717, 1.165) is 0 Å². The first-order valence-electron chi connectivity index (χ1n) is 8.80. The average molecular weight is 410 g/mol. The number of rotatable bonds is 8. The molecule has 2 aromatic rings. The van der Waals surface area contributed by atoms with Gasteiger partial charge in [0, 0.05) is 6.54 Å². The molecule has 0 aromatic heterocycles. The Morgan fingerprint density at radius 1 is 0.897 bits per heavy atom. The highest BCUT2D eigenvalue weighted by Crippen LogP contribution is 2.30. The topological polar surface area (TPSA) is 76.7 Å². The minimum absolute atomic E-state index is 0.262. The molecular formula is C20H21F3N2O4. The summed E-state index contributed by atoms with van der Waals surface area (Å²) in [7, 11) is 0. The zero-order chi connectivity index (χ0) is 21.3. The summed E-state index contributed by atoms with van der Waals surface area (Å²) in [4.78, 5) is 24.4. The molecule has 1 amide bonds. The van der Waals surface area contributed by atoms with E-state index in [1.165, 1.54) is 6.92 Å². The Balaban J connectivity index is 2.21. The molecule has 0 saturated carbocycles. The van der Waals surface area contributed by atoms with Crippen LogP contribution in [0.2, 0.25) is 0 Å². The van der Waals surface area contributed by atoms with Crippen molar-refractivity contribution in [1.29, 1.82) is 0 Å². The number of alkyl carbamates (subject to hydrolysis) is 1. The lowest BCUT2D eigenvalue weighted by atomic mass is 10.1. The predicted octanol–water partition coefficient (Wildman–Crippen LogP) is 3.52. The van der Waals surface area contributed by atoms with Gasteiger partial charge in [0.15, 0.2) is 0 Å². The molecule has 9 heteroatoms. The number of nitrogens with one attached hydrogen (secondary N) is 2. The third-order valence-corrected chi connectivity index (χ3v) is 3.91. The van der Waals surface area contributed by atoms with Gasteiger partial charge in [-0.1, -0.05) is 60.7 Å². The van der Waals surface area contributed by atoms with E-state index in [-0.39, 0.29) is 19.8 Å². The molecular weight excluding hydrogens is 389 g/mol. The number of halogens is 3. The van der Waals surface area contributed by atoms with Crippen molar-refractivity contribution < 1.29 is 32.2 Å². The van der Waals surface area contributed by atoms with Gasteiger partial charge in [-0.3, -0.25) is 10.6 Å². The third kappa shape index (κ3) is 5.95. The molecule has 1 atom stereocenters. The van der Waals surface area contributed by atoms with Crippen LogP contribution in [0.4, 0.5) is 18.0 Å². The predicted molar refractivity (Wildman–Crippen MR) is 98.5 cm³/mol. The molecule has 0 heterocycles. The van der Waals surface area contributed by atoms with Gasteiger partial charge in [0.25, 0.3) is 5.66 Å². The van der Waals surface area contributed by atoms with Crippen molar-refractivity contribution in [2.45, 2.75) is 31.9 Å². The van der Waals surface area contributed by atoms with Crippen LogP contribution < -0.4 is 10.6 Å². The van der Waals surface area contributed by atoms with Crippen LogP contribution in [0.5, 0.6) is 0 Å². The van der Waals surface area contributed by atoms with Crippen molar-refractivity contribution >= 4 is 12.1 Å². The molecule has 0 unspecified atom stereocenters. The van der Waals surface area contributed by atoms with E-state index in [4.69, 9.17) is 4.74 Å². The molecule has 156 valence electrons. The molecule has 0 fully saturated rings. The minimum Gasteiger partial charge on any atom is -0.463 e. The number of ether oxygens (including phenoxy) is 2. The maximum absolute atomic E-state index is 13.9. The van der Waals surface area contributed by atoms with E-state index in [0.29, 0.717) is 11.1 Å². The molecule has 0 aliphatic carbocycles. The van der Waals surface area contributed by atoms with Crippen LogP contribution in [0.3, 0.4) is 0 Å². The summed E-state index contributed by atoms with van der Waals surface area (Å²) in [5, 5.41) is 3.72. The fourth-order valence-electron chi connectivity index (χ4n) is 2.44. The van der Waals surface area contributed by atoms with Crippen molar-refractivity contribution in [3.05, 3.63) is 71.8 Å². The molecule has 0 saturated heterocycles. The highest BCUT2D eigenvalue weighted by molar-refractivity contribution is 5.86. The number of hydrogen-bond acceptors (Lipinski definition) is 5. The Morgan fingerprint density at radius 3 is 1.97 bits per heavy atom. The number of esters is 1. The van der Waals surface area contributed by atoms with Crippen molar-refractivity contribution in [2.75, 3.05) is 6.61 Å². The number of alkyl halides is 3. The minimum atomic E-state index is -5.19. The van der Waals surface area contributed by atoms with Crippen molar-refractivity contribution in [3.8, 4) is 0 Å². The van der Waals surface area contributed by atoms with Gasteiger partial charge in [-0.15, -0.1) is 0 Å². The fourth-order valence-corrected chi connectivity index (χ4v) is 2.44. The van der Waals surface area contributed by atoms with Gasteiger partial charge in [-0.25, -0.2) is 9.59 Å². The Kier molecular flexibility index (Phi) is 7.60. The largest absolute Gasteiger partial charge is 0.463 e. The summed E-state index contributed by atoms with van der Waals surface area (Å²) < 4.78 is 51.3. The van der Waals surface area contributed by atoms with Gasteiger partial charge < -0.3 is 9.47 Å². The molecule has 2 N–H and O–H groups in total. The molecule has 29 heavy (non-hydrogen) atoms. The van der Waals surface area contributed by atoms with Gasteiger partial charge in [-0.2, -0.15) is 13.2 Å². The fraction of sp³-hybridized carbons (Fsp3) is 0.300. The summed E-state index contributed by atoms with van der Waals surface area (Å²) in [6, 6.07) is 16.5. The molecule has 0 bridgehead atoms. The first-order chi connectivity index (χ1) is 13.8. The SMILES string of the molecule is CCOC(=O)[C@@](NCc1ccccc1)(NC(=O)OCc1ccccc1)C(F)(F)F. The van der Waals surface area contributed by atoms with Gasteiger partial charge in [0.05, 0.1) is 6.61 Å². The molecule has 0 aliphatic rings. The lowest BCUT2D eigenvalue weighted by Gasteiger charge is -2.34. The molecule has 2 rings (SSSR count). The first kappa shape index (κ1) is 22.2. The zero-order valence-electron chi connectivity index (χ0n) is 15.7. The van der Waals surface area contributed by atoms with Crippen LogP contribution in [0, 0.1) is 0 Å². The van der Waals surface area contributed by atoms with E-state index in [1.807, 2.05) is 0 Å². The van der Waals surface area contributed by atoms with Gasteiger partial charge in [-0.05, 0) is 18.1 Å². The number of benzene rings is 2. The molecule has 0 radical (unpaired) electrons. The second-order valence-corrected chi connectivity index (χ2v) is 5.99. The van der Waals surface area contributed by atoms with Crippen molar-refractivity contribution in [2.24, 2.45) is 0 Å². The van der Waals surface area contributed by atoms with Gasteiger partial charge >= 0.3 is 18.2 Å². The van der Waals surface area contributed by atoms with E-state index < -0.39 is 23.9 Å². The van der Waals surface area contributed by atoms with Crippen LogP contribution >= 0.6 is 0 Å². The van der Waals surface area contributed by atoms with Crippen LogP contribution in [0.1, 0.15) is 18.1 Å². The molecule has 2 aromatic carbocycles. The Labute approximate surface area is 166 Å². The van der Waals surface area contributed by atoms with Crippen LogP contribution in [-0.4, -0.2) is 30.5 Å². The van der Waals surface area contributed by atoms with E-state index in [9.17, 15) is 22.8 Å². The van der Waals surface area contributed by atoms with Crippen molar-refractivity contribution in [1.82, 2.24) is 10.6 Å². The monoisotopic (exact) mass is 410 g/mol. The van der Waals surface area contributed by atoms with Gasteiger partial charge in [0.1, 0.15) is 6.61 Å². The first-order valence-corrected chi connectivity index (χ1v) is 8.80. The number of carbonyl (C=O) groups is 2. The molecule has 0 aliphatic heterocycles. The van der Waals surface area contributed by atoms with Crippen LogP contribution in [0.25, 0.3) is 0 Å². The Hall–Kier alpha value is -3.07. The quantitative estimate of drug-likeness (QED) is 0.514. The number of amides is 1. The average Bonchev–Trinajstić information content (AvgIpc) is 2.70. The summed E-state index contributed by atoms with van der Waals surface area (Å²) in [5.41, 5.74) is -2.41. The summed E-state index contributed by atoms with van der Waals surface area (Å²) in [5.74, 6) is -1.68. The van der Waals surface area contributed by atoms with Crippen LogP contribution in [-0.2, 0) is 27.4 Å². The standard InChI is InChI=1S/C20H21F3N2O4/c1-2-28-17(26)19(20(21,22)23,24-13-15-9-5-3-6-10-15)25-18(27)29-14-16-11-7-4-8-12-16/h3-12,24H,2,13-14H2,1H3,(H,25,27)/t19-/m1/s1. The normalized spacial score (nSPS) is 13.2. The van der Waals surface area contributed by atoms with Crippen molar-refractivity contribution in [3.63, 3.8) is 0 Å². The lowest BCUT2D eigenvalue weighted by Crippen LogP contribution is -2.72. The maximum atomic E-state index is 13.9. The Morgan fingerprint density at radius 2 is 1.45 bits per heavy atom. The number of carbonyl (C=O) groups excluding carboxylic acids is 2. The maximum Gasteiger partial charge on any atom is 0.436 e.